The third-order valence-corrected chi connectivity index (χ3v) is 3.50. The summed E-state index contributed by atoms with van der Waals surface area (Å²) in [5.74, 6) is -0.622. The van der Waals surface area contributed by atoms with E-state index >= 15 is 0 Å². The lowest BCUT2D eigenvalue weighted by Gasteiger charge is -2.03. The van der Waals surface area contributed by atoms with Gasteiger partial charge in [0.2, 0.25) is 11.8 Å². The van der Waals surface area contributed by atoms with Gasteiger partial charge >= 0.3 is 11.9 Å². The van der Waals surface area contributed by atoms with Crippen LogP contribution in [0.1, 0.15) is 25.0 Å². The molecule has 0 bridgehead atoms. The average molecular weight is 364 g/mol. The van der Waals surface area contributed by atoms with Gasteiger partial charge in [0.15, 0.2) is 5.70 Å². The topological polar surface area (TPSA) is 94.1 Å². The zero-order chi connectivity index (χ0) is 19.4. The van der Waals surface area contributed by atoms with Gasteiger partial charge in [0.05, 0.1) is 0 Å². The molecule has 136 valence electrons. The fourth-order valence-corrected chi connectivity index (χ4v) is 2.42. The van der Waals surface area contributed by atoms with Crippen LogP contribution in [-0.2, 0) is 19.1 Å². The third kappa shape index (κ3) is 4.66. The largest absolute Gasteiger partial charge is 0.427 e. The lowest BCUT2D eigenvalue weighted by Crippen LogP contribution is -2.07. The maximum atomic E-state index is 12.1. The number of nitrogens with one attached hydrogen (secondary N) is 1. The molecule has 0 unspecified atom stereocenters. The van der Waals surface area contributed by atoms with Gasteiger partial charge in [-0.25, -0.2) is 9.79 Å². The molecular formula is C20H16N2O5. The Morgan fingerprint density at radius 2 is 1.85 bits per heavy atom. The number of benzene rings is 2. The number of nitrogens with zero attached hydrogens (tertiary/aromatic N) is 1. The number of cyclic esters (lactones) is 1. The van der Waals surface area contributed by atoms with E-state index in [-0.39, 0.29) is 17.5 Å². The standard InChI is InChI=1S/C20H16N2O5/c1-12(23)21-16-8-6-15(7-9-16)19-22-18(20(25)27-19)11-14-4-3-5-17(10-14)26-13(2)24/h3-11H,1-2H3,(H,21,23)/b18-11-. The molecule has 1 aliphatic heterocycles. The molecule has 2 aromatic carbocycles. The number of carbonyl (C=O) groups excluding carboxylic acids is 3. The Morgan fingerprint density at radius 1 is 1.11 bits per heavy atom. The van der Waals surface area contributed by atoms with E-state index in [1.165, 1.54) is 13.8 Å². The smallest absolute Gasteiger partial charge is 0.363 e. The van der Waals surface area contributed by atoms with E-state index < -0.39 is 11.9 Å². The summed E-state index contributed by atoms with van der Waals surface area (Å²) in [5.41, 5.74) is 2.02. The Hall–Kier alpha value is -3.74. The van der Waals surface area contributed by atoms with Crippen LogP contribution >= 0.6 is 0 Å². The van der Waals surface area contributed by atoms with E-state index in [9.17, 15) is 14.4 Å². The monoisotopic (exact) mass is 364 g/mol. The predicted molar refractivity (Wildman–Crippen MR) is 99.1 cm³/mol. The van der Waals surface area contributed by atoms with Crippen LogP contribution in [0.15, 0.2) is 59.2 Å². The number of rotatable bonds is 4. The Kier molecular flexibility index (Phi) is 5.12. The molecule has 0 radical (unpaired) electrons. The highest BCUT2D eigenvalue weighted by Crippen LogP contribution is 2.22. The number of amides is 1. The van der Waals surface area contributed by atoms with Crippen molar-refractivity contribution in [3.63, 3.8) is 0 Å². The lowest BCUT2D eigenvalue weighted by atomic mass is 10.2. The third-order valence-electron chi connectivity index (χ3n) is 3.50. The molecule has 0 aromatic heterocycles. The Bertz CT molecular complexity index is 974. The maximum Gasteiger partial charge on any atom is 0.363 e. The molecule has 1 heterocycles. The Labute approximate surface area is 155 Å². The summed E-state index contributed by atoms with van der Waals surface area (Å²) in [6, 6.07) is 13.5. The molecule has 0 saturated carbocycles. The van der Waals surface area contributed by atoms with Crippen molar-refractivity contribution in [1.29, 1.82) is 0 Å². The van der Waals surface area contributed by atoms with Crippen molar-refractivity contribution in [2.45, 2.75) is 13.8 Å². The van der Waals surface area contributed by atoms with Crippen molar-refractivity contribution in [1.82, 2.24) is 0 Å². The molecule has 1 aliphatic rings. The van der Waals surface area contributed by atoms with E-state index in [0.717, 1.165) is 0 Å². The summed E-state index contributed by atoms with van der Waals surface area (Å²) in [5, 5.41) is 2.66. The Morgan fingerprint density at radius 3 is 2.52 bits per heavy atom. The van der Waals surface area contributed by atoms with Crippen molar-refractivity contribution in [3.05, 3.63) is 65.4 Å². The Balaban J connectivity index is 1.82. The summed E-state index contributed by atoms with van der Waals surface area (Å²) < 4.78 is 10.2. The first-order valence-corrected chi connectivity index (χ1v) is 8.10. The summed E-state index contributed by atoms with van der Waals surface area (Å²) in [6.07, 6.45) is 1.55. The first-order chi connectivity index (χ1) is 12.9. The number of ether oxygens (including phenoxy) is 2. The first kappa shape index (κ1) is 18.1. The van der Waals surface area contributed by atoms with Gasteiger partial charge in [-0.1, -0.05) is 12.1 Å². The fourth-order valence-electron chi connectivity index (χ4n) is 2.42. The van der Waals surface area contributed by atoms with Crippen LogP contribution in [-0.4, -0.2) is 23.7 Å². The maximum absolute atomic E-state index is 12.1. The van der Waals surface area contributed by atoms with Crippen molar-refractivity contribution < 1.29 is 23.9 Å². The SMILES string of the molecule is CC(=O)Nc1ccc(C2=N/C(=C\c3cccc(OC(C)=O)c3)C(=O)O2)cc1. The fraction of sp³-hybridized carbons (Fsp3) is 0.100. The van der Waals surface area contributed by atoms with Crippen LogP contribution in [0.2, 0.25) is 0 Å². The van der Waals surface area contributed by atoms with Crippen molar-refractivity contribution >= 4 is 35.5 Å². The van der Waals surface area contributed by atoms with E-state index in [2.05, 4.69) is 10.3 Å². The van der Waals surface area contributed by atoms with E-state index in [1.54, 1.807) is 54.6 Å². The highest BCUT2D eigenvalue weighted by molar-refractivity contribution is 6.13. The second-order valence-corrected chi connectivity index (χ2v) is 5.76. The molecule has 2 aromatic rings. The van der Waals surface area contributed by atoms with Gasteiger partial charge in [0.25, 0.3) is 0 Å². The molecule has 0 fully saturated rings. The van der Waals surface area contributed by atoms with Gasteiger partial charge in [-0.15, -0.1) is 0 Å². The first-order valence-electron chi connectivity index (χ1n) is 8.10. The lowest BCUT2D eigenvalue weighted by molar-refractivity contribution is -0.132. The predicted octanol–water partition coefficient (Wildman–Crippen LogP) is 2.91. The van der Waals surface area contributed by atoms with Crippen molar-refractivity contribution in [2.24, 2.45) is 4.99 Å². The van der Waals surface area contributed by atoms with Crippen LogP contribution in [0.4, 0.5) is 5.69 Å². The molecule has 27 heavy (non-hydrogen) atoms. The molecule has 1 N–H and O–H groups in total. The highest BCUT2D eigenvalue weighted by Gasteiger charge is 2.24. The number of hydrogen-bond acceptors (Lipinski definition) is 6. The van der Waals surface area contributed by atoms with Crippen LogP contribution in [0.3, 0.4) is 0 Å². The average Bonchev–Trinajstić information content (AvgIpc) is 2.95. The second-order valence-electron chi connectivity index (χ2n) is 5.76. The number of esters is 2. The zero-order valence-corrected chi connectivity index (χ0v) is 14.7. The molecule has 0 aliphatic carbocycles. The second kappa shape index (κ2) is 7.65. The molecule has 7 heteroatoms. The van der Waals surface area contributed by atoms with Crippen LogP contribution in [0, 0.1) is 0 Å². The van der Waals surface area contributed by atoms with Gasteiger partial charge in [-0.2, -0.15) is 0 Å². The van der Waals surface area contributed by atoms with Gasteiger partial charge < -0.3 is 14.8 Å². The number of aliphatic imine (C=N–C) groups is 1. The van der Waals surface area contributed by atoms with Crippen LogP contribution < -0.4 is 10.1 Å². The van der Waals surface area contributed by atoms with Gasteiger partial charge in [-0.05, 0) is 48.0 Å². The van der Waals surface area contributed by atoms with Gasteiger partial charge in [0, 0.05) is 25.1 Å². The van der Waals surface area contributed by atoms with Crippen LogP contribution in [0.25, 0.3) is 6.08 Å². The molecule has 3 rings (SSSR count). The summed E-state index contributed by atoms with van der Waals surface area (Å²) >= 11 is 0. The minimum atomic E-state index is -0.575. The van der Waals surface area contributed by atoms with E-state index in [0.29, 0.717) is 22.6 Å². The van der Waals surface area contributed by atoms with E-state index in [1.807, 2.05) is 0 Å². The minimum Gasteiger partial charge on any atom is -0.427 e. The summed E-state index contributed by atoms with van der Waals surface area (Å²) in [6.45, 7) is 2.73. The van der Waals surface area contributed by atoms with Crippen molar-refractivity contribution in [3.8, 4) is 5.75 Å². The normalized spacial score (nSPS) is 14.5. The molecule has 7 nitrogen and oxygen atoms in total. The molecule has 0 saturated heterocycles. The minimum absolute atomic E-state index is 0.135. The summed E-state index contributed by atoms with van der Waals surface area (Å²) in [7, 11) is 0. The highest BCUT2D eigenvalue weighted by atomic mass is 16.6. The molecular weight excluding hydrogens is 348 g/mol. The number of carbonyl (C=O) groups is 3. The van der Waals surface area contributed by atoms with Gasteiger partial charge in [-0.3, -0.25) is 9.59 Å². The number of anilines is 1. The van der Waals surface area contributed by atoms with Crippen LogP contribution in [0.5, 0.6) is 5.75 Å². The number of hydrogen-bond donors (Lipinski definition) is 1. The quantitative estimate of drug-likeness (QED) is 0.511. The molecule has 0 atom stereocenters. The zero-order valence-electron chi connectivity index (χ0n) is 14.7. The molecule has 0 spiro atoms. The van der Waals surface area contributed by atoms with Gasteiger partial charge in [0.1, 0.15) is 5.75 Å². The van der Waals surface area contributed by atoms with Crippen molar-refractivity contribution in [2.75, 3.05) is 5.32 Å². The summed E-state index contributed by atoms with van der Waals surface area (Å²) in [4.78, 5) is 38.4. The molecule has 1 amide bonds. The van der Waals surface area contributed by atoms with E-state index in [4.69, 9.17) is 9.47 Å².